The Labute approximate surface area is 75.0 Å². The second-order valence-electron chi connectivity index (χ2n) is 3.85. The Bertz CT molecular complexity index is 175. The first kappa shape index (κ1) is 9.54. The van der Waals surface area contributed by atoms with Gasteiger partial charge in [0.1, 0.15) is 5.54 Å². The zero-order valence-electron chi connectivity index (χ0n) is 8.06. The van der Waals surface area contributed by atoms with Gasteiger partial charge in [0.2, 0.25) is 0 Å². The van der Waals surface area contributed by atoms with E-state index in [4.69, 9.17) is 5.26 Å². The number of nitriles is 1. The lowest BCUT2D eigenvalue weighted by Gasteiger charge is -2.26. The molecule has 0 aromatic heterocycles. The number of hydrogen-bond donors (Lipinski definition) is 1. The number of nitrogens with one attached hydrogen (secondary N) is 1. The minimum atomic E-state index is -0.185. The van der Waals surface area contributed by atoms with E-state index >= 15 is 0 Å². The first-order valence-electron chi connectivity index (χ1n) is 4.91. The Morgan fingerprint density at radius 1 is 1.50 bits per heavy atom. The van der Waals surface area contributed by atoms with Crippen molar-refractivity contribution in [3.8, 4) is 6.07 Å². The fourth-order valence-corrected chi connectivity index (χ4v) is 1.84. The minimum absolute atomic E-state index is 0.185. The van der Waals surface area contributed by atoms with Crippen molar-refractivity contribution in [3.63, 3.8) is 0 Å². The Balaban J connectivity index is 2.51. The molecule has 0 radical (unpaired) electrons. The third-order valence-corrected chi connectivity index (χ3v) is 2.81. The first-order chi connectivity index (χ1) is 5.72. The Morgan fingerprint density at radius 2 is 2.08 bits per heavy atom. The van der Waals surface area contributed by atoms with E-state index in [1.165, 1.54) is 12.8 Å². The van der Waals surface area contributed by atoms with E-state index in [9.17, 15) is 0 Å². The summed E-state index contributed by atoms with van der Waals surface area (Å²) in [5.74, 6) is 0. The van der Waals surface area contributed by atoms with E-state index < -0.39 is 0 Å². The molecule has 2 nitrogen and oxygen atoms in total. The molecule has 0 aromatic rings. The van der Waals surface area contributed by atoms with Gasteiger partial charge in [0.25, 0.3) is 0 Å². The van der Waals surface area contributed by atoms with Crippen LogP contribution in [0.1, 0.15) is 46.0 Å². The summed E-state index contributed by atoms with van der Waals surface area (Å²) < 4.78 is 0. The summed E-state index contributed by atoms with van der Waals surface area (Å²) in [4.78, 5) is 0. The van der Waals surface area contributed by atoms with Crippen LogP contribution >= 0.6 is 0 Å². The minimum Gasteiger partial charge on any atom is -0.297 e. The van der Waals surface area contributed by atoms with E-state index in [1.54, 1.807) is 0 Å². The van der Waals surface area contributed by atoms with E-state index in [0.29, 0.717) is 6.04 Å². The molecular formula is C10H18N2. The Morgan fingerprint density at radius 3 is 2.50 bits per heavy atom. The van der Waals surface area contributed by atoms with Crippen molar-refractivity contribution in [2.24, 2.45) is 0 Å². The molecule has 12 heavy (non-hydrogen) atoms. The molecule has 0 heterocycles. The summed E-state index contributed by atoms with van der Waals surface area (Å²) in [5, 5.41) is 12.5. The van der Waals surface area contributed by atoms with Gasteiger partial charge in [-0.05, 0) is 26.2 Å². The maximum Gasteiger partial charge on any atom is 0.106 e. The normalized spacial score (nSPS) is 23.4. The van der Waals surface area contributed by atoms with Crippen LogP contribution in [0.15, 0.2) is 0 Å². The van der Waals surface area contributed by atoms with Crippen molar-refractivity contribution < 1.29 is 0 Å². The molecule has 1 aliphatic rings. The van der Waals surface area contributed by atoms with Crippen LogP contribution in [-0.2, 0) is 0 Å². The lowest BCUT2D eigenvalue weighted by molar-refractivity contribution is 0.366. The van der Waals surface area contributed by atoms with Gasteiger partial charge < -0.3 is 0 Å². The van der Waals surface area contributed by atoms with Crippen LogP contribution in [-0.4, -0.2) is 11.6 Å². The van der Waals surface area contributed by atoms with E-state index in [2.05, 4.69) is 25.2 Å². The van der Waals surface area contributed by atoms with Gasteiger partial charge in [0.05, 0.1) is 6.07 Å². The van der Waals surface area contributed by atoms with Gasteiger partial charge in [-0.2, -0.15) is 5.26 Å². The number of hydrogen-bond acceptors (Lipinski definition) is 2. The molecule has 1 atom stereocenters. The van der Waals surface area contributed by atoms with Crippen molar-refractivity contribution in [1.29, 1.82) is 5.26 Å². The van der Waals surface area contributed by atoms with Gasteiger partial charge in [0, 0.05) is 6.04 Å². The monoisotopic (exact) mass is 166 g/mol. The van der Waals surface area contributed by atoms with Gasteiger partial charge >= 0.3 is 0 Å². The summed E-state index contributed by atoms with van der Waals surface area (Å²) >= 11 is 0. The molecule has 1 N–H and O–H groups in total. The van der Waals surface area contributed by atoms with Gasteiger partial charge in [-0.25, -0.2) is 0 Å². The van der Waals surface area contributed by atoms with Gasteiger partial charge in [-0.1, -0.05) is 19.8 Å². The Hall–Kier alpha value is -0.550. The second-order valence-corrected chi connectivity index (χ2v) is 3.85. The van der Waals surface area contributed by atoms with Crippen LogP contribution in [0.4, 0.5) is 0 Å². The summed E-state index contributed by atoms with van der Waals surface area (Å²) in [6, 6.07) is 2.91. The summed E-state index contributed by atoms with van der Waals surface area (Å²) in [7, 11) is 0. The Kier molecular flexibility index (Phi) is 3.11. The molecule has 1 aliphatic carbocycles. The first-order valence-corrected chi connectivity index (χ1v) is 4.91. The van der Waals surface area contributed by atoms with Crippen LogP contribution < -0.4 is 5.32 Å². The largest absolute Gasteiger partial charge is 0.297 e. The van der Waals surface area contributed by atoms with Crippen LogP contribution in [0.25, 0.3) is 0 Å². The molecule has 0 amide bonds. The van der Waals surface area contributed by atoms with Crippen molar-refractivity contribution in [2.45, 2.75) is 57.5 Å². The molecule has 0 aromatic carbocycles. The highest BCUT2D eigenvalue weighted by molar-refractivity contribution is 5.10. The smallest absolute Gasteiger partial charge is 0.106 e. The van der Waals surface area contributed by atoms with Crippen molar-refractivity contribution in [2.75, 3.05) is 0 Å². The number of nitrogens with zero attached hydrogens (tertiary/aromatic N) is 1. The fraction of sp³-hybridized carbons (Fsp3) is 0.900. The zero-order chi connectivity index (χ0) is 9.03. The molecule has 0 spiro atoms. The van der Waals surface area contributed by atoms with Gasteiger partial charge in [-0.3, -0.25) is 5.32 Å². The van der Waals surface area contributed by atoms with Crippen LogP contribution in [0.3, 0.4) is 0 Å². The molecule has 0 saturated heterocycles. The van der Waals surface area contributed by atoms with Crippen molar-refractivity contribution in [1.82, 2.24) is 5.32 Å². The molecule has 1 fully saturated rings. The molecule has 0 aliphatic heterocycles. The third-order valence-electron chi connectivity index (χ3n) is 2.81. The highest BCUT2D eigenvalue weighted by Gasteiger charge is 2.34. The zero-order valence-corrected chi connectivity index (χ0v) is 8.06. The third kappa shape index (κ3) is 1.98. The van der Waals surface area contributed by atoms with Gasteiger partial charge in [0.15, 0.2) is 0 Å². The lowest BCUT2D eigenvalue weighted by atomic mass is 9.98. The SMILES string of the molecule is CCC(C)NC1(C#N)CCCC1. The van der Waals surface area contributed by atoms with Gasteiger partial charge in [-0.15, -0.1) is 0 Å². The predicted octanol–water partition coefficient (Wildman–Crippen LogP) is 2.21. The molecule has 1 rings (SSSR count). The van der Waals surface area contributed by atoms with E-state index in [-0.39, 0.29) is 5.54 Å². The lowest BCUT2D eigenvalue weighted by Crippen LogP contribution is -2.46. The van der Waals surface area contributed by atoms with Crippen molar-refractivity contribution >= 4 is 0 Å². The van der Waals surface area contributed by atoms with E-state index in [1.807, 2.05) is 0 Å². The fourth-order valence-electron chi connectivity index (χ4n) is 1.84. The highest BCUT2D eigenvalue weighted by atomic mass is 15.0. The van der Waals surface area contributed by atoms with E-state index in [0.717, 1.165) is 19.3 Å². The van der Waals surface area contributed by atoms with Crippen LogP contribution in [0.5, 0.6) is 0 Å². The molecule has 2 heteroatoms. The summed E-state index contributed by atoms with van der Waals surface area (Å²) in [6.07, 6.45) is 5.58. The maximum atomic E-state index is 9.05. The molecule has 68 valence electrons. The van der Waals surface area contributed by atoms with Crippen LogP contribution in [0, 0.1) is 11.3 Å². The average molecular weight is 166 g/mol. The molecule has 0 bridgehead atoms. The molecule has 1 saturated carbocycles. The second kappa shape index (κ2) is 3.91. The summed E-state index contributed by atoms with van der Waals surface area (Å²) in [6.45, 7) is 4.30. The topological polar surface area (TPSA) is 35.8 Å². The quantitative estimate of drug-likeness (QED) is 0.697. The van der Waals surface area contributed by atoms with Crippen molar-refractivity contribution in [3.05, 3.63) is 0 Å². The predicted molar refractivity (Wildman–Crippen MR) is 49.7 cm³/mol. The average Bonchev–Trinajstić information content (AvgIpc) is 2.54. The molecular weight excluding hydrogens is 148 g/mol. The highest BCUT2D eigenvalue weighted by Crippen LogP contribution is 2.29. The molecule has 1 unspecified atom stereocenters. The standard InChI is InChI=1S/C10H18N2/c1-3-9(2)12-10(8-11)6-4-5-7-10/h9,12H,3-7H2,1-2H3. The number of rotatable bonds is 3. The maximum absolute atomic E-state index is 9.05. The summed E-state index contributed by atoms with van der Waals surface area (Å²) in [5.41, 5.74) is -0.185. The van der Waals surface area contributed by atoms with Crippen LogP contribution in [0.2, 0.25) is 0 Å².